The Kier molecular flexibility index (Phi) is 4.82. The number of hydrogen-bond donors (Lipinski definition) is 1. The molecule has 0 aromatic heterocycles. The Morgan fingerprint density at radius 1 is 1.33 bits per heavy atom. The van der Waals surface area contributed by atoms with Gasteiger partial charge in [0, 0.05) is 12.6 Å². The summed E-state index contributed by atoms with van der Waals surface area (Å²) in [5.41, 5.74) is -2.58. The average Bonchev–Trinajstić information content (AvgIpc) is 2.83. The second-order valence-electron chi connectivity index (χ2n) is 6.33. The largest absolute Gasteiger partial charge is 0.481 e. The van der Waals surface area contributed by atoms with Gasteiger partial charge in [-0.3, -0.25) is 4.79 Å². The Labute approximate surface area is 122 Å². The summed E-state index contributed by atoms with van der Waals surface area (Å²) in [5, 5.41) is 9.02. The van der Waals surface area contributed by atoms with Gasteiger partial charge in [-0.05, 0) is 52.4 Å². The maximum Gasteiger partial charge on any atom is 0.406 e. The third-order valence-corrected chi connectivity index (χ3v) is 5.00. The standard InChI is InChI=1S/C14H23F3N2O2/c1-18-7-3-2-4-11(18)5-8-19-9-6-13(10-19,12(20)21)14(15,16)17/h11H,2-10H2,1H3,(H,20,21). The minimum Gasteiger partial charge on any atom is -0.481 e. The molecule has 0 spiro atoms. The molecule has 0 aromatic carbocycles. The van der Waals surface area contributed by atoms with Crippen molar-refractivity contribution in [2.75, 3.05) is 33.2 Å². The molecule has 4 nitrogen and oxygen atoms in total. The molecule has 0 aromatic rings. The van der Waals surface area contributed by atoms with Crippen LogP contribution >= 0.6 is 0 Å². The Morgan fingerprint density at radius 3 is 2.57 bits per heavy atom. The zero-order valence-electron chi connectivity index (χ0n) is 12.3. The number of nitrogens with zero attached hydrogens (tertiary/aromatic N) is 2. The smallest absolute Gasteiger partial charge is 0.406 e. The first-order valence-corrected chi connectivity index (χ1v) is 7.49. The average molecular weight is 308 g/mol. The summed E-state index contributed by atoms with van der Waals surface area (Å²) in [7, 11) is 2.05. The lowest BCUT2D eigenvalue weighted by molar-refractivity contribution is -0.227. The maximum absolute atomic E-state index is 13.1. The van der Waals surface area contributed by atoms with Crippen molar-refractivity contribution in [1.29, 1.82) is 0 Å². The van der Waals surface area contributed by atoms with Gasteiger partial charge in [-0.1, -0.05) is 6.42 Å². The minimum atomic E-state index is -4.69. The number of carboxylic acids is 1. The van der Waals surface area contributed by atoms with E-state index in [0.717, 1.165) is 25.8 Å². The highest BCUT2D eigenvalue weighted by Crippen LogP contribution is 2.45. The Bertz CT molecular complexity index is 389. The van der Waals surface area contributed by atoms with Gasteiger partial charge in [-0.15, -0.1) is 0 Å². The molecule has 1 N–H and O–H groups in total. The first kappa shape index (κ1) is 16.5. The Hall–Kier alpha value is -0.820. The van der Waals surface area contributed by atoms with E-state index in [-0.39, 0.29) is 13.0 Å². The first-order chi connectivity index (χ1) is 9.76. The van der Waals surface area contributed by atoms with Crippen LogP contribution in [0.5, 0.6) is 0 Å². The van der Waals surface area contributed by atoms with E-state index in [0.29, 0.717) is 12.6 Å². The summed E-state index contributed by atoms with van der Waals surface area (Å²) in [6, 6.07) is 0.407. The highest BCUT2D eigenvalue weighted by molar-refractivity contribution is 5.76. The van der Waals surface area contributed by atoms with Gasteiger partial charge in [0.1, 0.15) is 0 Å². The Balaban J connectivity index is 1.91. The van der Waals surface area contributed by atoms with Crippen molar-refractivity contribution in [2.24, 2.45) is 5.41 Å². The first-order valence-electron chi connectivity index (χ1n) is 7.49. The van der Waals surface area contributed by atoms with E-state index in [1.54, 1.807) is 4.90 Å². The molecule has 2 aliphatic rings. The number of halogens is 3. The van der Waals surface area contributed by atoms with E-state index < -0.39 is 24.1 Å². The fourth-order valence-corrected chi connectivity index (χ4v) is 3.45. The third kappa shape index (κ3) is 3.34. The predicted molar refractivity (Wildman–Crippen MR) is 72.1 cm³/mol. The number of aliphatic carboxylic acids is 1. The molecule has 2 atom stereocenters. The molecule has 2 unspecified atom stereocenters. The molecule has 2 aliphatic heterocycles. The van der Waals surface area contributed by atoms with Crippen molar-refractivity contribution in [3.8, 4) is 0 Å². The fraction of sp³-hybridized carbons (Fsp3) is 0.929. The van der Waals surface area contributed by atoms with Crippen LogP contribution in [0.1, 0.15) is 32.1 Å². The van der Waals surface area contributed by atoms with Gasteiger partial charge >= 0.3 is 12.1 Å². The van der Waals surface area contributed by atoms with Crippen LogP contribution in [0.3, 0.4) is 0 Å². The van der Waals surface area contributed by atoms with Crippen molar-refractivity contribution < 1.29 is 23.1 Å². The van der Waals surface area contributed by atoms with E-state index in [1.165, 1.54) is 6.42 Å². The van der Waals surface area contributed by atoms with Gasteiger partial charge in [-0.25, -0.2) is 0 Å². The summed E-state index contributed by atoms with van der Waals surface area (Å²) in [6.45, 7) is 1.37. The van der Waals surface area contributed by atoms with Crippen LogP contribution in [-0.2, 0) is 4.79 Å². The number of rotatable bonds is 4. The number of likely N-dealkylation sites (tertiary alicyclic amines) is 2. The summed E-state index contributed by atoms with van der Waals surface area (Å²) in [4.78, 5) is 15.0. The minimum absolute atomic E-state index is 0.211. The molecule has 7 heteroatoms. The molecular formula is C14H23F3N2O2. The maximum atomic E-state index is 13.1. The lowest BCUT2D eigenvalue weighted by atomic mass is 9.86. The summed E-state index contributed by atoms with van der Waals surface area (Å²) >= 11 is 0. The summed E-state index contributed by atoms with van der Waals surface area (Å²) in [5.74, 6) is -1.74. The number of alkyl halides is 3. The van der Waals surface area contributed by atoms with Crippen LogP contribution in [0, 0.1) is 5.41 Å². The molecule has 0 saturated carbocycles. The van der Waals surface area contributed by atoms with Crippen LogP contribution in [0.4, 0.5) is 13.2 Å². The van der Waals surface area contributed by atoms with Gasteiger partial charge in [0.15, 0.2) is 5.41 Å². The topological polar surface area (TPSA) is 43.8 Å². The van der Waals surface area contributed by atoms with Crippen LogP contribution in [-0.4, -0.2) is 66.3 Å². The van der Waals surface area contributed by atoms with Crippen LogP contribution in [0.25, 0.3) is 0 Å². The third-order valence-electron chi connectivity index (χ3n) is 5.00. The quantitative estimate of drug-likeness (QED) is 0.865. The van der Waals surface area contributed by atoms with E-state index in [4.69, 9.17) is 5.11 Å². The normalized spacial score (nSPS) is 32.5. The Morgan fingerprint density at radius 2 is 2.05 bits per heavy atom. The van der Waals surface area contributed by atoms with Gasteiger partial charge in [0.05, 0.1) is 0 Å². The highest BCUT2D eigenvalue weighted by atomic mass is 19.4. The molecule has 0 radical (unpaired) electrons. The monoisotopic (exact) mass is 308 g/mol. The fourth-order valence-electron chi connectivity index (χ4n) is 3.45. The number of piperidine rings is 1. The zero-order valence-corrected chi connectivity index (χ0v) is 12.3. The van der Waals surface area contributed by atoms with E-state index in [1.807, 2.05) is 7.05 Å². The van der Waals surface area contributed by atoms with E-state index >= 15 is 0 Å². The molecular weight excluding hydrogens is 285 g/mol. The lowest BCUT2D eigenvalue weighted by Crippen LogP contribution is -2.47. The molecule has 0 bridgehead atoms. The van der Waals surface area contributed by atoms with Crippen molar-refractivity contribution >= 4 is 5.97 Å². The molecule has 2 saturated heterocycles. The summed E-state index contributed by atoms with van der Waals surface area (Å²) < 4.78 is 39.2. The van der Waals surface area contributed by atoms with E-state index in [9.17, 15) is 18.0 Å². The molecule has 2 fully saturated rings. The number of carboxylic acid groups (broad SMARTS) is 1. The molecule has 21 heavy (non-hydrogen) atoms. The molecule has 0 aliphatic carbocycles. The van der Waals surface area contributed by atoms with Gasteiger partial charge in [0.2, 0.25) is 0 Å². The van der Waals surface area contributed by atoms with Crippen LogP contribution in [0.15, 0.2) is 0 Å². The number of carbonyl (C=O) groups is 1. The van der Waals surface area contributed by atoms with Gasteiger partial charge < -0.3 is 14.9 Å². The second-order valence-corrected chi connectivity index (χ2v) is 6.33. The second kappa shape index (κ2) is 6.12. The molecule has 122 valence electrons. The predicted octanol–water partition coefficient (Wildman–Crippen LogP) is 2.20. The van der Waals surface area contributed by atoms with E-state index in [2.05, 4.69) is 4.90 Å². The summed E-state index contributed by atoms with van der Waals surface area (Å²) in [6.07, 6.45) is -0.803. The van der Waals surface area contributed by atoms with Crippen LogP contribution in [0.2, 0.25) is 0 Å². The molecule has 2 rings (SSSR count). The molecule has 2 heterocycles. The van der Waals surface area contributed by atoms with Crippen molar-refractivity contribution in [2.45, 2.75) is 44.3 Å². The van der Waals surface area contributed by atoms with Gasteiger partial charge in [0.25, 0.3) is 0 Å². The van der Waals surface area contributed by atoms with Crippen molar-refractivity contribution in [3.63, 3.8) is 0 Å². The highest BCUT2D eigenvalue weighted by Gasteiger charge is 2.63. The molecule has 0 amide bonds. The zero-order chi connectivity index (χ0) is 15.7. The van der Waals surface area contributed by atoms with Crippen molar-refractivity contribution in [3.05, 3.63) is 0 Å². The van der Waals surface area contributed by atoms with Crippen LogP contribution < -0.4 is 0 Å². The lowest BCUT2D eigenvalue weighted by Gasteiger charge is -2.34. The SMILES string of the molecule is CN1CCCCC1CCN1CCC(C(=O)O)(C(F)(F)F)C1. The number of hydrogen-bond acceptors (Lipinski definition) is 3. The van der Waals surface area contributed by atoms with Gasteiger partial charge in [-0.2, -0.15) is 13.2 Å². The van der Waals surface area contributed by atoms with Crippen molar-refractivity contribution in [1.82, 2.24) is 9.80 Å².